The quantitative estimate of drug-likeness (QED) is 0.910. The van der Waals surface area contributed by atoms with Crippen LogP contribution in [0.4, 0.5) is 14.5 Å². The number of hydrogen-bond donors (Lipinski definition) is 2. The molecular formula is C12H7F2NO3S. The second-order valence-corrected chi connectivity index (χ2v) is 4.46. The summed E-state index contributed by atoms with van der Waals surface area (Å²) in [6.45, 7) is 0. The van der Waals surface area contributed by atoms with Crippen LogP contribution in [-0.2, 0) is 0 Å². The molecule has 0 saturated carbocycles. The summed E-state index contributed by atoms with van der Waals surface area (Å²) in [6, 6.07) is 3.84. The van der Waals surface area contributed by atoms with Crippen molar-refractivity contribution in [3.8, 4) is 0 Å². The third kappa shape index (κ3) is 2.76. The highest BCUT2D eigenvalue weighted by molar-refractivity contribution is 7.12. The molecule has 2 rings (SSSR count). The molecular weight excluding hydrogens is 276 g/mol. The maximum Gasteiger partial charge on any atom is 0.348 e. The number of nitrogens with one attached hydrogen (secondary N) is 1. The molecule has 0 radical (unpaired) electrons. The number of hydrogen-bond acceptors (Lipinski definition) is 3. The molecule has 0 aliphatic carbocycles. The summed E-state index contributed by atoms with van der Waals surface area (Å²) in [6.07, 6.45) is 0. The zero-order chi connectivity index (χ0) is 14.0. The fourth-order valence-corrected chi connectivity index (χ4v) is 2.12. The Morgan fingerprint density at radius 1 is 1.21 bits per heavy atom. The van der Waals surface area contributed by atoms with E-state index in [0.717, 1.165) is 29.5 Å². The van der Waals surface area contributed by atoms with Crippen molar-refractivity contribution in [3.63, 3.8) is 0 Å². The molecule has 98 valence electrons. The van der Waals surface area contributed by atoms with Gasteiger partial charge in [-0.1, -0.05) is 0 Å². The van der Waals surface area contributed by atoms with Crippen molar-refractivity contribution in [3.05, 3.63) is 51.7 Å². The number of benzene rings is 1. The van der Waals surface area contributed by atoms with E-state index in [1.165, 1.54) is 11.4 Å². The first-order chi connectivity index (χ1) is 8.99. The summed E-state index contributed by atoms with van der Waals surface area (Å²) in [5.41, 5.74) is -0.436. The van der Waals surface area contributed by atoms with Crippen LogP contribution in [0, 0.1) is 11.6 Å². The van der Waals surface area contributed by atoms with Crippen molar-refractivity contribution in [2.45, 2.75) is 0 Å². The van der Waals surface area contributed by atoms with Crippen LogP contribution in [0.3, 0.4) is 0 Å². The number of rotatable bonds is 3. The van der Waals surface area contributed by atoms with E-state index in [-0.39, 0.29) is 10.6 Å². The Morgan fingerprint density at radius 3 is 2.63 bits per heavy atom. The number of aromatic carboxylic acids is 1. The summed E-state index contributed by atoms with van der Waals surface area (Å²) < 4.78 is 26.3. The van der Waals surface area contributed by atoms with Crippen LogP contribution in [0.1, 0.15) is 20.0 Å². The lowest BCUT2D eigenvalue weighted by molar-refractivity contribution is 0.0703. The molecule has 4 nitrogen and oxygen atoms in total. The molecule has 1 heterocycles. The Bertz CT molecular complexity index is 654. The molecule has 1 aromatic carbocycles. The molecule has 7 heteroatoms. The summed E-state index contributed by atoms with van der Waals surface area (Å²) in [4.78, 5) is 22.5. The van der Waals surface area contributed by atoms with Gasteiger partial charge in [0, 0.05) is 0 Å². The van der Waals surface area contributed by atoms with Crippen LogP contribution >= 0.6 is 11.3 Å². The molecule has 0 bridgehead atoms. The number of amides is 1. The first-order valence-corrected chi connectivity index (χ1v) is 5.94. The highest BCUT2D eigenvalue weighted by Gasteiger charge is 2.17. The minimum atomic E-state index is -1.20. The summed E-state index contributed by atoms with van der Waals surface area (Å²) >= 11 is 0.920. The Labute approximate surface area is 110 Å². The van der Waals surface area contributed by atoms with E-state index < -0.39 is 29.1 Å². The SMILES string of the molecule is O=C(Nc1ccsc1C(=O)O)c1cc(F)ccc1F. The maximum absolute atomic E-state index is 13.4. The first-order valence-electron chi connectivity index (χ1n) is 5.06. The minimum Gasteiger partial charge on any atom is -0.477 e. The number of carboxylic acid groups (broad SMARTS) is 1. The molecule has 1 amide bonds. The van der Waals surface area contributed by atoms with Crippen molar-refractivity contribution < 1.29 is 23.5 Å². The minimum absolute atomic E-state index is 0.0474. The van der Waals surface area contributed by atoms with E-state index in [1.54, 1.807) is 0 Å². The van der Waals surface area contributed by atoms with Crippen LogP contribution in [0.15, 0.2) is 29.6 Å². The third-order valence-corrected chi connectivity index (χ3v) is 3.18. The zero-order valence-corrected chi connectivity index (χ0v) is 10.1. The van der Waals surface area contributed by atoms with Gasteiger partial charge in [-0.25, -0.2) is 13.6 Å². The largest absolute Gasteiger partial charge is 0.477 e. The lowest BCUT2D eigenvalue weighted by Crippen LogP contribution is -2.15. The van der Waals surface area contributed by atoms with Gasteiger partial charge in [-0.05, 0) is 29.6 Å². The van der Waals surface area contributed by atoms with Crippen LogP contribution in [0.5, 0.6) is 0 Å². The summed E-state index contributed by atoms with van der Waals surface area (Å²) in [5, 5.41) is 12.6. The lowest BCUT2D eigenvalue weighted by Gasteiger charge is -2.05. The van der Waals surface area contributed by atoms with E-state index in [9.17, 15) is 18.4 Å². The first kappa shape index (κ1) is 13.2. The Balaban J connectivity index is 2.28. The van der Waals surface area contributed by atoms with Crippen molar-refractivity contribution in [1.29, 1.82) is 0 Å². The molecule has 0 aliphatic rings. The highest BCUT2D eigenvalue weighted by atomic mass is 32.1. The average Bonchev–Trinajstić information content (AvgIpc) is 2.80. The van der Waals surface area contributed by atoms with Gasteiger partial charge < -0.3 is 10.4 Å². The number of anilines is 1. The summed E-state index contributed by atoms with van der Waals surface area (Å²) in [7, 11) is 0. The second kappa shape index (κ2) is 5.15. The van der Waals surface area contributed by atoms with E-state index in [1.807, 2.05) is 0 Å². The monoisotopic (exact) mass is 283 g/mol. The molecule has 1 aromatic heterocycles. The van der Waals surface area contributed by atoms with Crippen LogP contribution in [-0.4, -0.2) is 17.0 Å². The Morgan fingerprint density at radius 2 is 1.95 bits per heavy atom. The van der Waals surface area contributed by atoms with Crippen LogP contribution < -0.4 is 5.32 Å². The molecule has 0 spiro atoms. The van der Waals surface area contributed by atoms with Crippen molar-refractivity contribution in [2.75, 3.05) is 5.32 Å². The number of carbonyl (C=O) groups excluding carboxylic acids is 1. The van der Waals surface area contributed by atoms with Gasteiger partial charge in [0.15, 0.2) is 0 Å². The summed E-state index contributed by atoms with van der Waals surface area (Å²) in [5.74, 6) is -3.75. The second-order valence-electron chi connectivity index (χ2n) is 3.55. The van der Waals surface area contributed by atoms with Crippen LogP contribution in [0.25, 0.3) is 0 Å². The molecule has 0 saturated heterocycles. The van der Waals surface area contributed by atoms with Gasteiger partial charge in [0.2, 0.25) is 0 Å². The molecule has 19 heavy (non-hydrogen) atoms. The zero-order valence-electron chi connectivity index (χ0n) is 9.31. The van der Waals surface area contributed by atoms with Gasteiger partial charge in [-0.15, -0.1) is 11.3 Å². The third-order valence-electron chi connectivity index (χ3n) is 2.28. The Kier molecular flexibility index (Phi) is 3.57. The molecule has 2 aromatic rings. The van der Waals surface area contributed by atoms with Crippen molar-refractivity contribution in [1.82, 2.24) is 0 Å². The molecule has 0 atom stereocenters. The molecule has 0 unspecified atom stereocenters. The highest BCUT2D eigenvalue weighted by Crippen LogP contribution is 2.23. The van der Waals surface area contributed by atoms with Gasteiger partial charge >= 0.3 is 5.97 Å². The smallest absolute Gasteiger partial charge is 0.348 e. The van der Waals surface area contributed by atoms with E-state index in [2.05, 4.69) is 5.32 Å². The number of thiophene rings is 1. The predicted octanol–water partition coefficient (Wildman–Crippen LogP) is 2.98. The van der Waals surface area contributed by atoms with Gasteiger partial charge in [0.25, 0.3) is 5.91 Å². The number of halogens is 2. The lowest BCUT2D eigenvalue weighted by atomic mass is 10.2. The fourth-order valence-electron chi connectivity index (χ4n) is 1.43. The van der Waals surface area contributed by atoms with E-state index in [4.69, 9.17) is 5.11 Å². The van der Waals surface area contributed by atoms with E-state index >= 15 is 0 Å². The van der Waals surface area contributed by atoms with Gasteiger partial charge in [-0.2, -0.15) is 0 Å². The molecule has 0 aliphatic heterocycles. The van der Waals surface area contributed by atoms with Gasteiger partial charge in [0.05, 0.1) is 11.3 Å². The maximum atomic E-state index is 13.4. The molecule has 0 fully saturated rings. The number of carbonyl (C=O) groups is 2. The fraction of sp³-hybridized carbons (Fsp3) is 0. The van der Waals surface area contributed by atoms with E-state index in [0.29, 0.717) is 0 Å². The number of carboxylic acids is 1. The average molecular weight is 283 g/mol. The van der Waals surface area contributed by atoms with Gasteiger partial charge in [-0.3, -0.25) is 4.79 Å². The Hall–Kier alpha value is -2.28. The van der Waals surface area contributed by atoms with Crippen molar-refractivity contribution >= 4 is 28.9 Å². The topological polar surface area (TPSA) is 66.4 Å². The van der Waals surface area contributed by atoms with Gasteiger partial charge in [0.1, 0.15) is 16.5 Å². The van der Waals surface area contributed by atoms with Crippen LogP contribution in [0.2, 0.25) is 0 Å². The predicted molar refractivity (Wildman–Crippen MR) is 65.6 cm³/mol. The standard InChI is InChI=1S/C12H7F2NO3S/c13-6-1-2-8(14)7(5-6)11(16)15-9-3-4-19-10(9)12(17)18/h1-5H,(H,15,16)(H,17,18). The molecule has 2 N–H and O–H groups in total. The normalized spacial score (nSPS) is 10.2. The van der Waals surface area contributed by atoms with Crippen molar-refractivity contribution in [2.24, 2.45) is 0 Å².